The van der Waals surface area contributed by atoms with Crippen LogP contribution in [0.1, 0.15) is 12.0 Å². The molecule has 0 aliphatic carbocycles. The average molecular weight is 422 g/mol. The lowest BCUT2D eigenvalue weighted by molar-refractivity contribution is -0.109. The Morgan fingerprint density at radius 2 is 2.07 bits per heavy atom. The van der Waals surface area contributed by atoms with Crippen molar-refractivity contribution in [3.63, 3.8) is 0 Å². The second kappa shape index (κ2) is 17.3. The SMILES string of the molecule is C#C.CN=C1CC=CC(Cl)=CN1.COCCOc1ccc(OCC=O)c(CN)c1. The number of benzene rings is 1. The Labute approximate surface area is 177 Å². The number of methoxy groups -OCH3 is 1. The molecule has 1 aromatic rings. The number of allylic oxidation sites excluding steroid dienone is 2. The number of amidine groups is 1. The van der Waals surface area contributed by atoms with Crippen molar-refractivity contribution in [2.24, 2.45) is 10.7 Å². The number of terminal acetylenes is 1. The van der Waals surface area contributed by atoms with Gasteiger partial charge in [-0.05, 0) is 24.3 Å². The van der Waals surface area contributed by atoms with Crippen LogP contribution in [0.4, 0.5) is 0 Å². The molecule has 0 saturated carbocycles. The fraction of sp³-hybridized carbons (Fsp3) is 0.333. The van der Waals surface area contributed by atoms with E-state index in [1.807, 2.05) is 12.2 Å². The van der Waals surface area contributed by atoms with E-state index in [2.05, 4.69) is 23.2 Å². The summed E-state index contributed by atoms with van der Waals surface area (Å²) in [7, 11) is 3.37. The van der Waals surface area contributed by atoms with Crippen LogP contribution in [0.3, 0.4) is 0 Å². The Bertz CT molecular complexity index is 715. The zero-order valence-electron chi connectivity index (χ0n) is 16.8. The molecular formula is C21H28ClN3O4. The van der Waals surface area contributed by atoms with E-state index in [0.29, 0.717) is 42.6 Å². The van der Waals surface area contributed by atoms with Crippen LogP contribution in [-0.4, -0.2) is 46.1 Å². The first-order valence-electron chi connectivity index (χ1n) is 8.73. The van der Waals surface area contributed by atoms with Crippen LogP contribution in [0.25, 0.3) is 0 Å². The van der Waals surface area contributed by atoms with Crippen LogP contribution >= 0.6 is 11.6 Å². The molecule has 0 saturated heterocycles. The molecule has 0 unspecified atom stereocenters. The van der Waals surface area contributed by atoms with Gasteiger partial charge in [0, 0.05) is 38.9 Å². The normalized spacial score (nSPS) is 13.4. The van der Waals surface area contributed by atoms with Gasteiger partial charge < -0.3 is 25.3 Å². The first-order chi connectivity index (χ1) is 14.1. The first-order valence-corrected chi connectivity index (χ1v) is 9.11. The predicted molar refractivity (Wildman–Crippen MR) is 117 cm³/mol. The number of rotatable bonds is 8. The molecule has 29 heavy (non-hydrogen) atoms. The summed E-state index contributed by atoms with van der Waals surface area (Å²) in [5, 5.41) is 3.68. The molecule has 0 radical (unpaired) electrons. The Morgan fingerprint density at radius 3 is 2.69 bits per heavy atom. The van der Waals surface area contributed by atoms with Crippen molar-refractivity contribution >= 4 is 23.7 Å². The predicted octanol–water partition coefficient (Wildman–Crippen LogP) is 2.64. The Balaban J connectivity index is 0.000000554. The first kappa shape index (κ1) is 26.2. The van der Waals surface area contributed by atoms with E-state index in [0.717, 1.165) is 17.8 Å². The summed E-state index contributed by atoms with van der Waals surface area (Å²) < 4.78 is 15.6. The van der Waals surface area contributed by atoms with Crippen molar-refractivity contribution in [2.75, 3.05) is 34.0 Å². The van der Waals surface area contributed by atoms with Gasteiger partial charge in [-0.25, -0.2) is 0 Å². The van der Waals surface area contributed by atoms with Gasteiger partial charge in [-0.15, -0.1) is 12.8 Å². The minimum absolute atomic E-state index is 0.0247. The molecule has 158 valence electrons. The summed E-state index contributed by atoms with van der Waals surface area (Å²) in [5.41, 5.74) is 6.40. The molecule has 0 bridgehead atoms. The molecule has 0 spiro atoms. The second-order valence-electron chi connectivity index (χ2n) is 5.24. The van der Waals surface area contributed by atoms with E-state index in [9.17, 15) is 4.79 Å². The highest BCUT2D eigenvalue weighted by Gasteiger charge is 2.04. The van der Waals surface area contributed by atoms with Crippen LogP contribution in [0.5, 0.6) is 11.5 Å². The number of nitrogens with zero attached hydrogens (tertiary/aromatic N) is 1. The van der Waals surface area contributed by atoms with Crippen molar-refractivity contribution in [3.8, 4) is 24.3 Å². The number of hydrogen-bond donors (Lipinski definition) is 2. The highest BCUT2D eigenvalue weighted by atomic mass is 35.5. The molecule has 7 nitrogen and oxygen atoms in total. The lowest BCUT2D eigenvalue weighted by atomic mass is 10.2. The number of halogens is 1. The van der Waals surface area contributed by atoms with Crippen molar-refractivity contribution in [1.82, 2.24) is 5.32 Å². The molecule has 0 aromatic heterocycles. The Kier molecular flexibility index (Phi) is 15.7. The lowest BCUT2D eigenvalue weighted by Crippen LogP contribution is -2.15. The van der Waals surface area contributed by atoms with Crippen LogP contribution in [0, 0.1) is 12.8 Å². The van der Waals surface area contributed by atoms with E-state index in [-0.39, 0.29) is 6.61 Å². The number of aldehydes is 1. The molecule has 2 rings (SSSR count). The quantitative estimate of drug-likeness (QED) is 0.380. The fourth-order valence-electron chi connectivity index (χ4n) is 2.01. The Hall–Kier alpha value is -2.79. The maximum Gasteiger partial charge on any atom is 0.157 e. The second-order valence-corrected chi connectivity index (χ2v) is 5.68. The zero-order chi connectivity index (χ0) is 21.9. The summed E-state index contributed by atoms with van der Waals surface area (Å²) >= 11 is 5.70. The zero-order valence-corrected chi connectivity index (χ0v) is 17.5. The molecule has 1 aliphatic heterocycles. The van der Waals surface area contributed by atoms with Gasteiger partial charge in [0.2, 0.25) is 0 Å². The third kappa shape index (κ3) is 11.6. The number of ether oxygens (including phenoxy) is 3. The number of aliphatic imine (C=N–C) groups is 1. The fourth-order valence-corrected chi connectivity index (χ4v) is 2.15. The van der Waals surface area contributed by atoms with E-state index in [4.69, 9.17) is 31.5 Å². The highest BCUT2D eigenvalue weighted by molar-refractivity contribution is 6.31. The van der Waals surface area contributed by atoms with Gasteiger partial charge in [-0.3, -0.25) is 9.79 Å². The molecule has 0 fully saturated rings. The highest BCUT2D eigenvalue weighted by Crippen LogP contribution is 2.23. The monoisotopic (exact) mass is 421 g/mol. The number of nitrogens with two attached hydrogens (primary N) is 1. The van der Waals surface area contributed by atoms with Crippen LogP contribution in [-0.2, 0) is 16.1 Å². The van der Waals surface area contributed by atoms with Gasteiger partial charge in [-0.2, -0.15) is 0 Å². The smallest absolute Gasteiger partial charge is 0.157 e. The largest absolute Gasteiger partial charge is 0.491 e. The summed E-state index contributed by atoms with van der Waals surface area (Å²) in [6.45, 7) is 1.36. The van der Waals surface area contributed by atoms with E-state index in [1.54, 1.807) is 38.6 Å². The summed E-state index contributed by atoms with van der Waals surface area (Å²) in [6, 6.07) is 5.32. The molecule has 0 amide bonds. The van der Waals surface area contributed by atoms with Gasteiger partial charge in [0.25, 0.3) is 0 Å². The molecule has 1 aromatic carbocycles. The molecule has 1 heterocycles. The summed E-state index contributed by atoms with van der Waals surface area (Å²) in [4.78, 5) is 14.2. The molecule has 3 N–H and O–H groups in total. The molecule has 0 atom stereocenters. The number of hydrogen-bond acceptors (Lipinski definition) is 6. The van der Waals surface area contributed by atoms with Gasteiger partial charge in [0.15, 0.2) is 6.29 Å². The maximum atomic E-state index is 10.2. The van der Waals surface area contributed by atoms with Crippen molar-refractivity contribution in [3.05, 3.63) is 47.1 Å². The number of carbonyl (C=O) groups is 1. The van der Waals surface area contributed by atoms with Crippen molar-refractivity contribution in [1.29, 1.82) is 0 Å². The van der Waals surface area contributed by atoms with E-state index < -0.39 is 0 Å². The molecular weight excluding hydrogens is 394 g/mol. The minimum Gasteiger partial charge on any atom is -0.491 e. The van der Waals surface area contributed by atoms with Crippen molar-refractivity contribution < 1.29 is 19.0 Å². The number of carbonyl (C=O) groups excluding carboxylic acids is 1. The van der Waals surface area contributed by atoms with Crippen LogP contribution in [0.2, 0.25) is 0 Å². The standard InChI is InChI=1S/C12H17NO4.C7H9ClN2.C2H2/c1-15-6-7-16-11-2-3-12(17-5-4-14)10(8-11)9-13;1-9-7-4-2-3-6(8)5-10-7;1-2/h2-4,8H,5-7,9,13H2,1H3;2-3,5H,4H2,1H3,(H,9,10);1-2H. The van der Waals surface area contributed by atoms with Crippen LogP contribution < -0.4 is 20.5 Å². The van der Waals surface area contributed by atoms with Gasteiger partial charge in [-0.1, -0.05) is 17.7 Å². The van der Waals surface area contributed by atoms with Crippen molar-refractivity contribution in [2.45, 2.75) is 13.0 Å². The third-order valence-electron chi connectivity index (χ3n) is 3.35. The third-order valence-corrected chi connectivity index (χ3v) is 3.58. The van der Waals surface area contributed by atoms with Gasteiger partial charge in [0.1, 0.15) is 30.5 Å². The number of nitrogens with one attached hydrogen (secondary N) is 1. The summed E-state index contributed by atoms with van der Waals surface area (Å²) in [5.74, 6) is 2.26. The Morgan fingerprint density at radius 1 is 1.31 bits per heavy atom. The maximum absolute atomic E-state index is 10.2. The van der Waals surface area contributed by atoms with E-state index in [1.165, 1.54) is 0 Å². The van der Waals surface area contributed by atoms with Crippen LogP contribution in [0.15, 0.2) is 46.6 Å². The van der Waals surface area contributed by atoms with Gasteiger partial charge in [0.05, 0.1) is 11.6 Å². The van der Waals surface area contributed by atoms with Gasteiger partial charge >= 0.3 is 0 Å². The molecule has 1 aliphatic rings. The topological polar surface area (TPSA) is 95.2 Å². The average Bonchev–Trinajstić information content (AvgIpc) is 2.98. The lowest BCUT2D eigenvalue weighted by Gasteiger charge is -2.11. The minimum atomic E-state index is 0.0247. The summed E-state index contributed by atoms with van der Waals surface area (Å²) in [6.07, 6.45) is 15.1. The molecule has 8 heteroatoms. The van der Waals surface area contributed by atoms with E-state index >= 15 is 0 Å².